The van der Waals surface area contributed by atoms with E-state index in [0.29, 0.717) is 21.4 Å². The maximum atomic E-state index is 12.2. The van der Waals surface area contributed by atoms with Crippen molar-refractivity contribution >= 4 is 29.1 Å². The van der Waals surface area contributed by atoms with Gasteiger partial charge >= 0.3 is 0 Å². The molecule has 2 rings (SSSR count). The molecule has 2 aromatic rings. The van der Waals surface area contributed by atoms with Crippen molar-refractivity contribution in [3.63, 3.8) is 0 Å². The number of hydrogen-bond donors (Lipinski definition) is 0. The van der Waals surface area contributed by atoms with E-state index in [4.69, 9.17) is 23.2 Å². The number of aromatic nitrogens is 2. The Morgan fingerprint density at radius 2 is 2.00 bits per heavy atom. The molecule has 0 unspecified atom stereocenters. The number of halogens is 2. The van der Waals surface area contributed by atoms with Crippen LogP contribution in [0.5, 0.6) is 0 Å². The van der Waals surface area contributed by atoms with E-state index in [0.717, 1.165) is 5.69 Å². The van der Waals surface area contributed by atoms with Crippen molar-refractivity contribution in [2.45, 2.75) is 13.8 Å². The van der Waals surface area contributed by atoms with Crippen molar-refractivity contribution in [2.75, 3.05) is 0 Å². The van der Waals surface area contributed by atoms with Gasteiger partial charge < -0.3 is 0 Å². The van der Waals surface area contributed by atoms with Crippen LogP contribution in [0.4, 0.5) is 0 Å². The summed E-state index contributed by atoms with van der Waals surface area (Å²) in [6.07, 6.45) is 1.68. The Bertz CT molecular complexity index is 590. The van der Waals surface area contributed by atoms with Crippen molar-refractivity contribution in [3.05, 3.63) is 51.5 Å². The van der Waals surface area contributed by atoms with Crippen LogP contribution in [-0.2, 0) is 0 Å². The monoisotopic (exact) mass is 268 g/mol. The second kappa shape index (κ2) is 4.51. The van der Waals surface area contributed by atoms with Crippen molar-refractivity contribution in [2.24, 2.45) is 0 Å². The maximum absolute atomic E-state index is 12.2. The maximum Gasteiger partial charge on any atom is 0.264 e. The van der Waals surface area contributed by atoms with E-state index in [2.05, 4.69) is 4.98 Å². The molecule has 0 atom stereocenters. The van der Waals surface area contributed by atoms with Gasteiger partial charge in [-0.2, -0.15) is 0 Å². The van der Waals surface area contributed by atoms with Crippen molar-refractivity contribution in [1.29, 1.82) is 0 Å². The minimum atomic E-state index is -0.204. The smallest absolute Gasteiger partial charge is 0.264 e. The van der Waals surface area contributed by atoms with Crippen LogP contribution in [0.2, 0.25) is 10.0 Å². The van der Waals surface area contributed by atoms with Crippen LogP contribution in [-0.4, -0.2) is 15.5 Å². The van der Waals surface area contributed by atoms with Crippen LogP contribution >= 0.6 is 23.2 Å². The normalized spacial score (nSPS) is 10.6. The Morgan fingerprint density at radius 3 is 2.53 bits per heavy atom. The highest BCUT2D eigenvalue weighted by molar-refractivity contribution is 6.36. The summed E-state index contributed by atoms with van der Waals surface area (Å²) in [6.45, 7) is 3.61. The predicted molar refractivity (Wildman–Crippen MR) is 67.9 cm³/mol. The SMILES string of the molecule is Cc1cn(C(=O)c2ccc(Cl)cc2Cl)c(C)n1. The molecule has 1 heterocycles. The summed E-state index contributed by atoms with van der Waals surface area (Å²) in [5.74, 6) is 0.434. The first-order chi connectivity index (χ1) is 7.99. The molecule has 0 bridgehead atoms. The van der Waals surface area contributed by atoms with E-state index in [1.807, 2.05) is 6.92 Å². The summed E-state index contributed by atoms with van der Waals surface area (Å²) in [4.78, 5) is 16.4. The fourth-order valence-corrected chi connectivity index (χ4v) is 2.11. The third kappa shape index (κ3) is 2.35. The molecule has 3 nitrogen and oxygen atoms in total. The lowest BCUT2D eigenvalue weighted by Gasteiger charge is -2.05. The fourth-order valence-electron chi connectivity index (χ4n) is 1.62. The highest BCUT2D eigenvalue weighted by Crippen LogP contribution is 2.22. The molecule has 0 N–H and O–H groups in total. The molecular formula is C12H10Cl2N2O. The molecule has 0 amide bonds. The van der Waals surface area contributed by atoms with Gasteiger partial charge in [0.2, 0.25) is 0 Å². The van der Waals surface area contributed by atoms with Gasteiger partial charge in [-0.25, -0.2) is 4.98 Å². The minimum absolute atomic E-state index is 0.204. The van der Waals surface area contributed by atoms with Crippen LogP contribution in [0.1, 0.15) is 21.9 Å². The zero-order valence-electron chi connectivity index (χ0n) is 9.37. The second-order valence-electron chi connectivity index (χ2n) is 3.73. The van der Waals surface area contributed by atoms with Gasteiger partial charge in [0.25, 0.3) is 5.91 Å². The molecule has 5 heteroatoms. The summed E-state index contributed by atoms with van der Waals surface area (Å²) in [5.41, 5.74) is 1.21. The van der Waals surface area contributed by atoms with Crippen LogP contribution < -0.4 is 0 Å². The molecule has 1 aromatic heterocycles. The quantitative estimate of drug-likeness (QED) is 0.794. The third-order valence-electron chi connectivity index (χ3n) is 2.38. The van der Waals surface area contributed by atoms with Crippen LogP contribution in [0.3, 0.4) is 0 Å². The van der Waals surface area contributed by atoms with Gasteiger partial charge in [-0.1, -0.05) is 23.2 Å². The van der Waals surface area contributed by atoms with Crippen LogP contribution in [0.25, 0.3) is 0 Å². The number of aryl methyl sites for hydroxylation is 2. The van der Waals surface area contributed by atoms with E-state index >= 15 is 0 Å². The van der Waals surface area contributed by atoms with E-state index < -0.39 is 0 Å². The highest BCUT2D eigenvalue weighted by Gasteiger charge is 2.15. The van der Waals surface area contributed by atoms with Gasteiger partial charge in [0.15, 0.2) is 0 Å². The molecule has 0 saturated heterocycles. The number of imidazole rings is 1. The summed E-state index contributed by atoms with van der Waals surface area (Å²) in [7, 11) is 0. The second-order valence-corrected chi connectivity index (χ2v) is 4.57. The lowest BCUT2D eigenvalue weighted by atomic mass is 10.2. The molecule has 0 radical (unpaired) electrons. The summed E-state index contributed by atoms with van der Waals surface area (Å²) in [5, 5.41) is 0.846. The van der Waals surface area contributed by atoms with Gasteiger partial charge in [-0.05, 0) is 32.0 Å². The Balaban J connectivity index is 2.47. The lowest BCUT2D eigenvalue weighted by Crippen LogP contribution is -2.13. The first kappa shape index (κ1) is 12.1. The molecule has 0 aliphatic heterocycles. The van der Waals surface area contributed by atoms with E-state index in [-0.39, 0.29) is 5.91 Å². The lowest BCUT2D eigenvalue weighted by molar-refractivity contribution is 0.0957. The third-order valence-corrected chi connectivity index (χ3v) is 2.93. The highest BCUT2D eigenvalue weighted by atomic mass is 35.5. The first-order valence-electron chi connectivity index (χ1n) is 5.01. The zero-order chi connectivity index (χ0) is 12.6. The number of carbonyl (C=O) groups is 1. The Hall–Kier alpha value is -1.32. The van der Waals surface area contributed by atoms with E-state index in [1.54, 1.807) is 31.3 Å². The van der Waals surface area contributed by atoms with Crippen molar-refractivity contribution < 1.29 is 4.79 Å². The number of rotatable bonds is 1. The molecule has 0 aliphatic rings. The fraction of sp³-hybridized carbons (Fsp3) is 0.167. The molecule has 0 fully saturated rings. The summed E-state index contributed by atoms with van der Waals surface area (Å²) >= 11 is 11.8. The average Bonchev–Trinajstić information content (AvgIpc) is 2.57. The molecule has 0 aliphatic carbocycles. The summed E-state index contributed by atoms with van der Waals surface area (Å²) in [6, 6.07) is 4.80. The van der Waals surface area contributed by atoms with Gasteiger partial charge in [0, 0.05) is 11.2 Å². The van der Waals surface area contributed by atoms with Gasteiger partial charge in [0.1, 0.15) is 5.82 Å². The van der Waals surface area contributed by atoms with Crippen molar-refractivity contribution in [3.8, 4) is 0 Å². The van der Waals surface area contributed by atoms with Crippen LogP contribution in [0, 0.1) is 13.8 Å². The van der Waals surface area contributed by atoms with Gasteiger partial charge in [0.05, 0.1) is 16.3 Å². The molecule has 0 spiro atoms. The largest absolute Gasteiger partial charge is 0.269 e. The summed E-state index contributed by atoms with van der Waals surface area (Å²) < 4.78 is 1.48. The molecule has 1 aromatic carbocycles. The topological polar surface area (TPSA) is 34.9 Å². The number of carbonyl (C=O) groups excluding carboxylic acids is 1. The Morgan fingerprint density at radius 1 is 1.29 bits per heavy atom. The molecular weight excluding hydrogens is 259 g/mol. The number of benzene rings is 1. The van der Waals surface area contributed by atoms with E-state index in [9.17, 15) is 4.79 Å². The molecule has 0 saturated carbocycles. The minimum Gasteiger partial charge on any atom is -0.269 e. The van der Waals surface area contributed by atoms with Gasteiger partial charge in [-0.15, -0.1) is 0 Å². The standard InChI is InChI=1S/C12H10Cl2N2O/c1-7-6-16(8(2)15-7)12(17)10-4-3-9(13)5-11(10)14/h3-6H,1-2H3. The molecule has 17 heavy (non-hydrogen) atoms. The molecule has 88 valence electrons. The first-order valence-corrected chi connectivity index (χ1v) is 5.77. The van der Waals surface area contributed by atoms with Crippen LogP contribution in [0.15, 0.2) is 24.4 Å². The van der Waals surface area contributed by atoms with Crippen molar-refractivity contribution in [1.82, 2.24) is 9.55 Å². The van der Waals surface area contributed by atoms with Gasteiger partial charge in [-0.3, -0.25) is 9.36 Å². The zero-order valence-corrected chi connectivity index (χ0v) is 10.9. The number of nitrogens with zero attached hydrogens (tertiary/aromatic N) is 2. The predicted octanol–water partition coefficient (Wildman–Crippen LogP) is 3.50. The average molecular weight is 269 g/mol. The Labute approximate surface area is 109 Å². The van der Waals surface area contributed by atoms with E-state index in [1.165, 1.54) is 4.57 Å². The number of hydrogen-bond acceptors (Lipinski definition) is 2. The Kier molecular flexibility index (Phi) is 3.22.